The summed E-state index contributed by atoms with van der Waals surface area (Å²) in [5.74, 6) is -0.883. The molecule has 0 aromatic heterocycles. The second kappa shape index (κ2) is 10.5. The maximum absolute atomic E-state index is 13.8. The van der Waals surface area contributed by atoms with Crippen molar-refractivity contribution in [1.29, 1.82) is 5.41 Å². The predicted molar refractivity (Wildman–Crippen MR) is 104 cm³/mol. The van der Waals surface area contributed by atoms with Crippen LogP contribution in [0.2, 0.25) is 0 Å². The van der Waals surface area contributed by atoms with Gasteiger partial charge in [-0.05, 0) is 18.2 Å². The third kappa shape index (κ3) is 5.43. The van der Waals surface area contributed by atoms with Crippen LogP contribution in [0, 0.1) is 23.1 Å². The smallest absolute Gasteiger partial charge is 0.227 e. The first-order chi connectivity index (χ1) is 12.9. The molecule has 7 nitrogen and oxygen atoms in total. The van der Waals surface area contributed by atoms with Crippen molar-refractivity contribution < 1.29 is 18.7 Å². The molecule has 1 saturated heterocycles. The molecule has 1 aromatic carbocycles. The normalized spacial score (nSPS) is 19.2. The maximum atomic E-state index is 13.8. The standard InChI is InChI=1S/C17H22ClFN4O2.CH2O/c1-21-14(7-15(18)20)11-9-23(2)17(24)10(11)8-22-13-6-4-5-12(19)16(13)25-3;1-2/h4-7,10-11,20-22H,8-9H2,1-3H3;1H2/b14-7-,20-15?;/t10-,11+;/m1./s1. The van der Waals surface area contributed by atoms with Gasteiger partial charge in [-0.1, -0.05) is 17.7 Å². The van der Waals surface area contributed by atoms with E-state index < -0.39 is 5.82 Å². The molecular formula is C18H24ClFN4O3. The SMILES string of the molecule is C=O.CN/C(=C\C(=N)Cl)[C@H]1CN(C)C(=O)[C@@H]1CNc1cccc(F)c1OC. The summed E-state index contributed by atoms with van der Waals surface area (Å²) in [6.45, 7) is 2.82. The Morgan fingerprint density at radius 3 is 2.74 bits per heavy atom. The minimum atomic E-state index is -0.467. The first kappa shape index (κ1) is 22.4. The largest absolute Gasteiger partial charge is 0.492 e. The van der Waals surface area contributed by atoms with Crippen LogP contribution in [0.5, 0.6) is 5.75 Å². The lowest BCUT2D eigenvalue weighted by molar-refractivity contribution is -0.129. The van der Waals surface area contributed by atoms with E-state index in [9.17, 15) is 9.18 Å². The second-order valence-electron chi connectivity index (χ2n) is 5.83. The number of allylic oxidation sites excluding steroid dienone is 1. The number of ether oxygens (including phenoxy) is 1. The van der Waals surface area contributed by atoms with Crippen molar-refractivity contribution in [2.75, 3.05) is 39.6 Å². The molecule has 1 heterocycles. The first-order valence-corrected chi connectivity index (χ1v) is 8.50. The number of halogens is 2. The number of amides is 1. The second-order valence-corrected chi connectivity index (χ2v) is 6.24. The minimum absolute atomic E-state index is 0.0184. The molecule has 0 unspecified atom stereocenters. The Balaban J connectivity index is 0.00000176. The fraction of sp³-hybridized carbons (Fsp3) is 0.389. The Morgan fingerprint density at radius 2 is 2.19 bits per heavy atom. The van der Waals surface area contributed by atoms with Gasteiger partial charge < -0.3 is 25.1 Å². The van der Waals surface area contributed by atoms with E-state index >= 15 is 0 Å². The van der Waals surface area contributed by atoms with Gasteiger partial charge in [0.25, 0.3) is 0 Å². The lowest BCUT2D eigenvalue weighted by Crippen LogP contribution is -2.30. The van der Waals surface area contributed by atoms with Gasteiger partial charge >= 0.3 is 0 Å². The zero-order chi connectivity index (χ0) is 20.6. The Hall–Kier alpha value is -2.61. The number of carbonyl (C=O) groups is 2. The highest BCUT2D eigenvalue weighted by atomic mass is 35.5. The molecule has 1 aromatic rings. The van der Waals surface area contributed by atoms with Gasteiger partial charge in [0.1, 0.15) is 12.0 Å². The van der Waals surface area contributed by atoms with Gasteiger partial charge in [-0.25, -0.2) is 4.39 Å². The summed E-state index contributed by atoms with van der Waals surface area (Å²) in [7, 11) is 4.86. The summed E-state index contributed by atoms with van der Waals surface area (Å²) >= 11 is 5.67. The zero-order valence-electron chi connectivity index (χ0n) is 15.5. The Morgan fingerprint density at radius 1 is 1.52 bits per heavy atom. The number of nitrogens with one attached hydrogen (secondary N) is 3. The average molecular weight is 399 g/mol. The Bertz CT molecular complexity index is 714. The minimum Gasteiger partial charge on any atom is -0.492 e. The van der Waals surface area contributed by atoms with Crippen molar-refractivity contribution in [1.82, 2.24) is 10.2 Å². The molecule has 0 saturated carbocycles. The van der Waals surface area contributed by atoms with E-state index in [2.05, 4.69) is 10.6 Å². The van der Waals surface area contributed by atoms with Crippen molar-refractivity contribution in [2.45, 2.75) is 0 Å². The highest BCUT2D eigenvalue weighted by Crippen LogP contribution is 2.32. The molecule has 0 radical (unpaired) electrons. The predicted octanol–water partition coefficient (Wildman–Crippen LogP) is 2.09. The fourth-order valence-corrected chi connectivity index (χ4v) is 3.21. The monoisotopic (exact) mass is 398 g/mol. The molecule has 2 rings (SSSR count). The number of nitrogens with zero attached hydrogens (tertiary/aromatic N) is 1. The van der Waals surface area contributed by atoms with Crippen molar-refractivity contribution in [3.05, 3.63) is 35.8 Å². The van der Waals surface area contributed by atoms with Gasteiger partial charge in [-0.3, -0.25) is 10.2 Å². The Kier molecular flexibility index (Phi) is 8.74. The third-order valence-corrected chi connectivity index (χ3v) is 4.41. The van der Waals surface area contributed by atoms with Crippen molar-refractivity contribution in [3.8, 4) is 5.75 Å². The van der Waals surface area contributed by atoms with E-state index in [0.717, 1.165) is 5.70 Å². The maximum Gasteiger partial charge on any atom is 0.227 e. The number of anilines is 1. The molecule has 0 aliphatic carbocycles. The van der Waals surface area contributed by atoms with Crippen LogP contribution in [0.1, 0.15) is 0 Å². The van der Waals surface area contributed by atoms with Gasteiger partial charge in [0.05, 0.1) is 18.7 Å². The first-order valence-electron chi connectivity index (χ1n) is 8.12. The summed E-state index contributed by atoms with van der Waals surface area (Å²) in [6.07, 6.45) is 1.51. The number of hydrogen-bond donors (Lipinski definition) is 3. The number of carbonyl (C=O) groups excluding carboxylic acids is 2. The zero-order valence-corrected chi connectivity index (χ0v) is 16.3. The number of benzene rings is 1. The number of hydrogen-bond acceptors (Lipinski definition) is 6. The highest BCUT2D eigenvalue weighted by molar-refractivity contribution is 6.67. The molecule has 148 valence electrons. The fourth-order valence-electron chi connectivity index (χ4n) is 3.09. The lowest BCUT2D eigenvalue weighted by atomic mass is 9.91. The summed E-state index contributed by atoms with van der Waals surface area (Å²) in [4.78, 5) is 22.1. The highest BCUT2D eigenvalue weighted by Gasteiger charge is 2.40. The molecule has 0 spiro atoms. The van der Waals surface area contributed by atoms with Gasteiger partial charge in [0, 0.05) is 38.8 Å². The van der Waals surface area contributed by atoms with Crippen molar-refractivity contribution in [2.24, 2.45) is 11.8 Å². The lowest BCUT2D eigenvalue weighted by Gasteiger charge is -2.21. The number of rotatable bonds is 7. The molecule has 9 heteroatoms. The third-order valence-electron chi connectivity index (χ3n) is 4.30. The molecular weight excluding hydrogens is 375 g/mol. The number of likely N-dealkylation sites (tertiary alicyclic amines) is 1. The summed E-state index contributed by atoms with van der Waals surface area (Å²) in [6, 6.07) is 4.59. The Labute approximate surface area is 163 Å². The molecule has 1 aliphatic heterocycles. The van der Waals surface area contributed by atoms with Crippen molar-refractivity contribution >= 4 is 35.2 Å². The number of methoxy groups -OCH3 is 1. The van der Waals surface area contributed by atoms with Crippen LogP contribution in [0.3, 0.4) is 0 Å². The van der Waals surface area contributed by atoms with Crippen LogP contribution in [-0.4, -0.2) is 57.1 Å². The van der Waals surface area contributed by atoms with E-state index in [-0.39, 0.29) is 28.7 Å². The van der Waals surface area contributed by atoms with Crippen LogP contribution >= 0.6 is 11.6 Å². The van der Waals surface area contributed by atoms with Gasteiger partial charge in [0.15, 0.2) is 11.6 Å². The van der Waals surface area contributed by atoms with Gasteiger partial charge in [-0.15, -0.1) is 0 Å². The molecule has 0 bridgehead atoms. The summed E-state index contributed by atoms with van der Waals surface area (Å²) in [5, 5.41) is 13.5. The van der Waals surface area contributed by atoms with E-state index in [1.54, 1.807) is 31.1 Å². The van der Waals surface area contributed by atoms with E-state index in [1.165, 1.54) is 19.3 Å². The van der Waals surface area contributed by atoms with Gasteiger partial charge in [-0.2, -0.15) is 0 Å². The molecule has 1 amide bonds. The van der Waals surface area contributed by atoms with Crippen LogP contribution in [0.4, 0.5) is 10.1 Å². The molecule has 3 N–H and O–H groups in total. The molecule has 2 atom stereocenters. The molecule has 1 aliphatic rings. The average Bonchev–Trinajstić information content (AvgIpc) is 2.93. The summed E-state index contributed by atoms with van der Waals surface area (Å²) < 4.78 is 18.9. The number of para-hydroxylation sites is 1. The van der Waals surface area contributed by atoms with Crippen molar-refractivity contribution in [3.63, 3.8) is 0 Å². The van der Waals surface area contributed by atoms with Crippen LogP contribution in [0.15, 0.2) is 30.0 Å². The molecule has 27 heavy (non-hydrogen) atoms. The summed E-state index contributed by atoms with van der Waals surface area (Å²) in [5.41, 5.74) is 1.21. The van der Waals surface area contributed by atoms with Crippen LogP contribution < -0.4 is 15.4 Å². The van der Waals surface area contributed by atoms with E-state index in [4.69, 9.17) is 26.5 Å². The van der Waals surface area contributed by atoms with Gasteiger partial charge in [0.2, 0.25) is 5.91 Å². The van der Waals surface area contributed by atoms with Crippen LogP contribution in [-0.2, 0) is 9.59 Å². The quantitative estimate of drug-likeness (QED) is 0.611. The molecule has 1 fully saturated rings. The van der Waals surface area contributed by atoms with E-state index in [0.29, 0.717) is 18.8 Å². The van der Waals surface area contributed by atoms with E-state index in [1.807, 2.05) is 6.79 Å². The van der Waals surface area contributed by atoms with Crippen LogP contribution in [0.25, 0.3) is 0 Å². The topological polar surface area (TPSA) is 94.5 Å².